The molecule has 0 bridgehead atoms. The van der Waals surface area contributed by atoms with Gasteiger partial charge in [0.1, 0.15) is 0 Å². The Bertz CT molecular complexity index is 799. The molecule has 2 N–H and O–H groups in total. The van der Waals surface area contributed by atoms with Crippen LogP contribution in [0.5, 0.6) is 0 Å². The topological polar surface area (TPSA) is 75.6 Å². The Morgan fingerprint density at radius 2 is 2.05 bits per heavy atom. The molecule has 1 aromatic carbocycles. The van der Waals surface area contributed by atoms with Crippen LogP contribution in [0.3, 0.4) is 0 Å². The average Bonchev–Trinajstić information content (AvgIpc) is 2.92. The summed E-state index contributed by atoms with van der Waals surface area (Å²) >= 11 is 0. The number of carbonyl (C=O) groups is 1. The Hall–Kier alpha value is -2.63. The molecule has 1 amide bonds. The second-order valence-corrected chi connectivity index (χ2v) is 4.74. The van der Waals surface area contributed by atoms with Crippen molar-refractivity contribution in [2.75, 3.05) is 5.32 Å². The number of fused-ring (bicyclic) bond motifs is 1. The number of amides is 1. The van der Waals surface area contributed by atoms with Gasteiger partial charge < -0.3 is 5.32 Å². The number of carbonyl (C=O) groups excluding carboxylic acids is 1. The molecule has 6 nitrogen and oxygen atoms in total. The van der Waals surface area contributed by atoms with Crippen molar-refractivity contribution >= 4 is 22.6 Å². The zero-order valence-electron chi connectivity index (χ0n) is 11.6. The Morgan fingerprint density at radius 1 is 1.30 bits per heavy atom. The number of aromatic nitrogens is 4. The van der Waals surface area contributed by atoms with E-state index in [1.165, 1.54) is 0 Å². The molecule has 3 aromatic rings. The van der Waals surface area contributed by atoms with Crippen LogP contribution in [-0.4, -0.2) is 25.9 Å². The molecule has 0 aliphatic rings. The molecule has 0 spiro atoms. The van der Waals surface area contributed by atoms with E-state index in [2.05, 4.69) is 20.6 Å². The Kier molecular flexibility index (Phi) is 2.78. The third-order valence-corrected chi connectivity index (χ3v) is 3.44. The first-order chi connectivity index (χ1) is 9.58. The first-order valence-corrected chi connectivity index (χ1v) is 6.32. The van der Waals surface area contributed by atoms with E-state index in [1.54, 1.807) is 4.68 Å². The van der Waals surface area contributed by atoms with Gasteiger partial charge in [-0.1, -0.05) is 12.1 Å². The fraction of sp³-hybridized carbons (Fsp3) is 0.214. The molecule has 0 aliphatic carbocycles. The zero-order chi connectivity index (χ0) is 14.3. The van der Waals surface area contributed by atoms with Gasteiger partial charge in [-0.3, -0.25) is 14.6 Å². The molecule has 0 radical (unpaired) electrons. The number of hydrogen-bond donors (Lipinski definition) is 2. The Labute approximate surface area is 115 Å². The summed E-state index contributed by atoms with van der Waals surface area (Å²) in [5.74, 6) is 0.346. The van der Waals surface area contributed by atoms with Crippen LogP contribution in [-0.2, 0) is 7.05 Å². The molecule has 0 unspecified atom stereocenters. The van der Waals surface area contributed by atoms with Crippen molar-refractivity contribution in [1.29, 1.82) is 0 Å². The minimum atomic E-state index is -0.189. The monoisotopic (exact) mass is 269 g/mol. The maximum Gasteiger partial charge on any atom is 0.260 e. The molecule has 0 saturated carbocycles. The normalized spacial score (nSPS) is 10.9. The molecule has 0 atom stereocenters. The number of nitrogens with zero attached hydrogens (tertiary/aromatic N) is 3. The fourth-order valence-electron chi connectivity index (χ4n) is 2.33. The molecule has 20 heavy (non-hydrogen) atoms. The lowest BCUT2D eigenvalue weighted by molar-refractivity contribution is 0.102. The number of anilines is 1. The molecule has 0 aliphatic heterocycles. The number of aryl methyl sites for hydroxylation is 2. The number of hydrogen-bond acceptors (Lipinski definition) is 3. The van der Waals surface area contributed by atoms with Gasteiger partial charge in [0.25, 0.3) is 5.91 Å². The third kappa shape index (κ3) is 1.85. The van der Waals surface area contributed by atoms with Crippen LogP contribution in [0.15, 0.2) is 24.3 Å². The van der Waals surface area contributed by atoms with Gasteiger partial charge in [-0.25, -0.2) is 0 Å². The zero-order valence-corrected chi connectivity index (χ0v) is 11.6. The lowest BCUT2D eigenvalue weighted by atomic mass is 10.2. The smallest absolute Gasteiger partial charge is 0.260 e. The van der Waals surface area contributed by atoms with E-state index in [-0.39, 0.29) is 5.91 Å². The fourth-order valence-corrected chi connectivity index (χ4v) is 2.33. The molecule has 2 aromatic heterocycles. The van der Waals surface area contributed by atoms with Gasteiger partial charge in [0.05, 0.1) is 16.8 Å². The first kappa shape index (κ1) is 12.4. The Morgan fingerprint density at radius 3 is 2.75 bits per heavy atom. The average molecular weight is 269 g/mol. The number of H-pyrrole nitrogens is 1. The maximum absolute atomic E-state index is 12.4. The summed E-state index contributed by atoms with van der Waals surface area (Å²) in [5.41, 5.74) is 3.03. The van der Waals surface area contributed by atoms with Crippen molar-refractivity contribution in [3.05, 3.63) is 41.2 Å². The molecule has 3 rings (SSSR count). The summed E-state index contributed by atoms with van der Waals surface area (Å²) in [6, 6.07) is 7.66. The predicted molar refractivity (Wildman–Crippen MR) is 76.7 cm³/mol. The predicted octanol–water partition coefficient (Wildman–Crippen LogP) is 2.17. The van der Waals surface area contributed by atoms with Crippen molar-refractivity contribution in [3.8, 4) is 0 Å². The van der Waals surface area contributed by atoms with Crippen molar-refractivity contribution in [1.82, 2.24) is 20.0 Å². The van der Waals surface area contributed by atoms with Gasteiger partial charge >= 0.3 is 0 Å². The minimum absolute atomic E-state index is 0.189. The standard InChI is InChI=1S/C14H15N5O/c1-8-12(9(2)19(3)18-8)14(20)15-13-10-6-4-5-7-11(10)16-17-13/h4-7H,1-3H3,(H2,15,16,17,20). The van der Waals surface area contributed by atoms with Crippen molar-refractivity contribution < 1.29 is 4.79 Å². The highest BCUT2D eigenvalue weighted by Crippen LogP contribution is 2.21. The van der Waals surface area contributed by atoms with Gasteiger partial charge in [-0.2, -0.15) is 10.2 Å². The van der Waals surface area contributed by atoms with Crippen molar-refractivity contribution in [3.63, 3.8) is 0 Å². The highest BCUT2D eigenvalue weighted by atomic mass is 16.1. The SMILES string of the molecule is Cc1nn(C)c(C)c1C(=O)Nc1n[nH]c2ccccc12. The van der Waals surface area contributed by atoms with E-state index in [1.807, 2.05) is 45.2 Å². The third-order valence-electron chi connectivity index (χ3n) is 3.44. The largest absolute Gasteiger partial charge is 0.304 e. The summed E-state index contributed by atoms with van der Waals surface area (Å²) in [6.07, 6.45) is 0. The van der Waals surface area contributed by atoms with E-state index < -0.39 is 0 Å². The van der Waals surface area contributed by atoms with Crippen LogP contribution in [0.25, 0.3) is 10.9 Å². The lowest BCUT2D eigenvalue weighted by Crippen LogP contribution is -2.14. The van der Waals surface area contributed by atoms with E-state index >= 15 is 0 Å². The lowest BCUT2D eigenvalue weighted by Gasteiger charge is -2.03. The number of nitrogens with one attached hydrogen (secondary N) is 2. The molecular formula is C14H15N5O. The van der Waals surface area contributed by atoms with Gasteiger partial charge in [0, 0.05) is 18.1 Å². The molecule has 6 heteroatoms. The second-order valence-electron chi connectivity index (χ2n) is 4.74. The highest BCUT2D eigenvalue weighted by Gasteiger charge is 2.18. The maximum atomic E-state index is 12.4. The van der Waals surface area contributed by atoms with Crippen LogP contribution in [0, 0.1) is 13.8 Å². The molecular weight excluding hydrogens is 254 g/mol. The van der Waals surface area contributed by atoms with Crippen molar-refractivity contribution in [2.24, 2.45) is 7.05 Å². The number of aromatic amines is 1. The summed E-state index contributed by atoms with van der Waals surface area (Å²) in [4.78, 5) is 12.4. The van der Waals surface area contributed by atoms with Crippen LogP contribution in [0.2, 0.25) is 0 Å². The van der Waals surface area contributed by atoms with Gasteiger partial charge in [0.2, 0.25) is 0 Å². The van der Waals surface area contributed by atoms with E-state index in [4.69, 9.17) is 0 Å². The van der Waals surface area contributed by atoms with Crippen LogP contribution < -0.4 is 5.32 Å². The van der Waals surface area contributed by atoms with Gasteiger partial charge in [-0.15, -0.1) is 0 Å². The summed E-state index contributed by atoms with van der Waals surface area (Å²) in [7, 11) is 1.82. The van der Waals surface area contributed by atoms with Gasteiger partial charge in [0.15, 0.2) is 5.82 Å². The Balaban J connectivity index is 1.97. The number of rotatable bonds is 2. The first-order valence-electron chi connectivity index (χ1n) is 6.32. The molecule has 102 valence electrons. The van der Waals surface area contributed by atoms with E-state index in [0.29, 0.717) is 17.1 Å². The summed E-state index contributed by atoms with van der Waals surface area (Å²) in [6.45, 7) is 3.70. The van der Waals surface area contributed by atoms with Crippen molar-refractivity contribution in [2.45, 2.75) is 13.8 Å². The molecule has 0 saturated heterocycles. The van der Waals surface area contributed by atoms with Crippen LogP contribution >= 0.6 is 0 Å². The van der Waals surface area contributed by atoms with Crippen LogP contribution in [0.4, 0.5) is 5.82 Å². The molecule has 0 fully saturated rings. The van der Waals surface area contributed by atoms with E-state index in [9.17, 15) is 4.79 Å². The summed E-state index contributed by atoms with van der Waals surface area (Å²) < 4.78 is 1.70. The molecule has 2 heterocycles. The highest BCUT2D eigenvalue weighted by molar-refractivity contribution is 6.08. The number of benzene rings is 1. The van der Waals surface area contributed by atoms with Gasteiger partial charge in [-0.05, 0) is 26.0 Å². The number of para-hydroxylation sites is 1. The van der Waals surface area contributed by atoms with Crippen LogP contribution in [0.1, 0.15) is 21.7 Å². The second kappa shape index (κ2) is 4.48. The van der Waals surface area contributed by atoms with E-state index in [0.717, 1.165) is 16.6 Å². The summed E-state index contributed by atoms with van der Waals surface area (Å²) in [5, 5.41) is 15.0. The minimum Gasteiger partial charge on any atom is -0.304 e. The quantitative estimate of drug-likeness (QED) is 0.748.